The Kier molecular flexibility index (Phi) is 4.52. The van der Waals surface area contributed by atoms with E-state index in [1.165, 1.54) is 0 Å². The van der Waals surface area contributed by atoms with E-state index in [9.17, 15) is 4.79 Å². The SMILES string of the molecule is CN(C)C(=O)N1CCN(Cc2nnc(-c3cccnc3)o2)CC1. The molecule has 8 heteroatoms. The van der Waals surface area contributed by atoms with Crippen LogP contribution in [0.3, 0.4) is 0 Å². The molecule has 1 aliphatic heterocycles. The van der Waals surface area contributed by atoms with E-state index in [-0.39, 0.29) is 6.03 Å². The summed E-state index contributed by atoms with van der Waals surface area (Å²) in [5.41, 5.74) is 0.813. The van der Waals surface area contributed by atoms with E-state index < -0.39 is 0 Å². The number of aromatic nitrogens is 3. The molecule has 0 aliphatic carbocycles. The van der Waals surface area contributed by atoms with E-state index in [1.807, 2.05) is 17.0 Å². The van der Waals surface area contributed by atoms with Crippen molar-refractivity contribution in [2.75, 3.05) is 40.3 Å². The fourth-order valence-electron chi connectivity index (χ4n) is 2.49. The number of nitrogens with zero attached hydrogens (tertiary/aromatic N) is 6. The summed E-state index contributed by atoms with van der Waals surface area (Å²) in [6.45, 7) is 3.60. The Morgan fingerprint density at radius 3 is 2.70 bits per heavy atom. The number of urea groups is 1. The van der Waals surface area contributed by atoms with Crippen molar-refractivity contribution in [2.45, 2.75) is 6.54 Å². The number of pyridine rings is 1. The van der Waals surface area contributed by atoms with Crippen molar-refractivity contribution >= 4 is 6.03 Å². The Bertz CT molecular complexity index is 649. The van der Waals surface area contributed by atoms with Gasteiger partial charge in [-0.3, -0.25) is 9.88 Å². The van der Waals surface area contributed by atoms with Gasteiger partial charge in [0.15, 0.2) is 0 Å². The van der Waals surface area contributed by atoms with Crippen molar-refractivity contribution in [3.8, 4) is 11.5 Å². The molecule has 1 saturated heterocycles. The Hall–Kier alpha value is -2.48. The first-order chi connectivity index (χ1) is 11.1. The Morgan fingerprint density at radius 1 is 1.26 bits per heavy atom. The molecule has 8 nitrogen and oxygen atoms in total. The normalized spacial score (nSPS) is 15.7. The molecular weight excluding hydrogens is 296 g/mol. The van der Waals surface area contributed by atoms with Gasteiger partial charge in [-0.15, -0.1) is 10.2 Å². The minimum atomic E-state index is 0.0568. The van der Waals surface area contributed by atoms with Crippen molar-refractivity contribution in [1.82, 2.24) is 29.9 Å². The molecule has 3 heterocycles. The number of piperazine rings is 1. The van der Waals surface area contributed by atoms with E-state index in [1.54, 1.807) is 31.4 Å². The van der Waals surface area contributed by atoms with Crippen molar-refractivity contribution in [2.24, 2.45) is 0 Å². The zero-order valence-electron chi connectivity index (χ0n) is 13.3. The molecule has 1 fully saturated rings. The number of hydrogen-bond donors (Lipinski definition) is 0. The smallest absolute Gasteiger partial charge is 0.319 e. The third kappa shape index (κ3) is 3.65. The molecular formula is C15H20N6O2. The summed E-state index contributed by atoms with van der Waals surface area (Å²) in [7, 11) is 3.54. The highest BCUT2D eigenvalue weighted by Gasteiger charge is 2.23. The molecule has 122 valence electrons. The van der Waals surface area contributed by atoms with E-state index in [4.69, 9.17) is 4.42 Å². The van der Waals surface area contributed by atoms with Crippen molar-refractivity contribution in [3.05, 3.63) is 30.4 Å². The van der Waals surface area contributed by atoms with Crippen LogP contribution in [0.2, 0.25) is 0 Å². The maximum atomic E-state index is 11.9. The fourth-order valence-corrected chi connectivity index (χ4v) is 2.49. The van der Waals surface area contributed by atoms with E-state index >= 15 is 0 Å². The van der Waals surface area contributed by atoms with Gasteiger partial charge in [-0.25, -0.2) is 4.79 Å². The summed E-state index contributed by atoms with van der Waals surface area (Å²) >= 11 is 0. The molecule has 0 N–H and O–H groups in total. The summed E-state index contributed by atoms with van der Waals surface area (Å²) in [6, 6.07) is 3.78. The van der Waals surface area contributed by atoms with Gasteiger partial charge >= 0.3 is 6.03 Å². The van der Waals surface area contributed by atoms with E-state index in [2.05, 4.69) is 20.1 Å². The van der Waals surface area contributed by atoms with Gasteiger partial charge in [-0.1, -0.05) is 0 Å². The van der Waals surface area contributed by atoms with Crippen molar-refractivity contribution in [1.29, 1.82) is 0 Å². The van der Waals surface area contributed by atoms with Gasteiger partial charge in [0.1, 0.15) is 0 Å². The highest BCUT2D eigenvalue weighted by molar-refractivity contribution is 5.73. The number of carbonyl (C=O) groups is 1. The van der Waals surface area contributed by atoms with Crippen LogP contribution in [-0.2, 0) is 6.54 Å². The predicted octanol–water partition coefficient (Wildman–Crippen LogP) is 0.931. The van der Waals surface area contributed by atoms with Crippen LogP contribution in [0.1, 0.15) is 5.89 Å². The molecule has 23 heavy (non-hydrogen) atoms. The van der Waals surface area contributed by atoms with E-state index in [0.717, 1.165) is 18.7 Å². The van der Waals surface area contributed by atoms with Gasteiger partial charge in [-0.2, -0.15) is 0 Å². The molecule has 0 saturated carbocycles. The molecule has 2 amide bonds. The molecule has 3 rings (SSSR count). The number of rotatable bonds is 3. The van der Waals surface area contributed by atoms with Gasteiger partial charge in [-0.05, 0) is 12.1 Å². The fraction of sp³-hybridized carbons (Fsp3) is 0.467. The molecule has 0 aromatic carbocycles. The van der Waals surface area contributed by atoms with Gasteiger partial charge in [0, 0.05) is 52.7 Å². The first-order valence-corrected chi connectivity index (χ1v) is 7.55. The van der Waals surface area contributed by atoms with Crippen LogP contribution in [0.25, 0.3) is 11.5 Å². The summed E-state index contributed by atoms with van der Waals surface area (Å²) < 4.78 is 5.69. The Morgan fingerprint density at radius 2 is 2.04 bits per heavy atom. The van der Waals surface area contributed by atoms with Gasteiger partial charge in [0.2, 0.25) is 11.8 Å². The number of carbonyl (C=O) groups excluding carboxylic acids is 1. The maximum absolute atomic E-state index is 11.9. The van der Waals surface area contributed by atoms with Gasteiger partial charge in [0.05, 0.1) is 12.1 Å². The number of hydrogen-bond acceptors (Lipinski definition) is 6. The molecule has 0 unspecified atom stereocenters. The molecule has 0 bridgehead atoms. The van der Waals surface area contributed by atoms with Crippen LogP contribution in [0.5, 0.6) is 0 Å². The monoisotopic (exact) mass is 316 g/mol. The molecule has 0 radical (unpaired) electrons. The van der Waals surface area contributed by atoms with Crippen LogP contribution >= 0.6 is 0 Å². The van der Waals surface area contributed by atoms with Crippen LogP contribution in [-0.4, -0.2) is 76.2 Å². The molecule has 0 spiro atoms. The zero-order chi connectivity index (χ0) is 16.2. The van der Waals surface area contributed by atoms with Crippen molar-refractivity contribution in [3.63, 3.8) is 0 Å². The van der Waals surface area contributed by atoms with Gasteiger partial charge in [0.25, 0.3) is 0 Å². The lowest BCUT2D eigenvalue weighted by Gasteiger charge is -2.35. The Labute approximate surface area is 134 Å². The van der Waals surface area contributed by atoms with Crippen LogP contribution in [0.15, 0.2) is 28.9 Å². The first kappa shape index (κ1) is 15.4. The molecule has 1 aliphatic rings. The second kappa shape index (κ2) is 6.74. The third-order valence-corrected chi connectivity index (χ3v) is 3.76. The largest absolute Gasteiger partial charge is 0.419 e. The summed E-state index contributed by atoms with van der Waals surface area (Å²) in [6.07, 6.45) is 3.40. The highest BCUT2D eigenvalue weighted by Crippen LogP contribution is 2.17. The average molecular weight is 316 g/mol. The lowest BCUT2D eigenvalue weighted by atomic mass is 10.3. The second-order valence-electron chi connectivity index (χ2n) is 5.68. The topological polar surface area (TPSA) is 78.6 Å². The van der Waals surface area contributed by atoms with Crippen LogP contribution in [0.4, 0.5) is 4.79 Å². The van der Waals surface area contributed by atoms with Gasteiger partial charge < -0.3 is 14.2 Å². The maximum Gasteiger partial charge on any atom is 0.319 e. The number of amides is 2. The highest BCUT2D eigenvalue weighted by atomic mass is 16.4. The molecule has 2 aromatic rings. The lowest BCUT2D eigenvalue weighted by molar-refractivity contribution is 0.115. The van der Waals surface area contributed by atoms with Crippen LogP contribution in [0, 0.1) is 0 Å². The van der Waals surface area contributed by atoms with E-state index in [0.29, 0.717) is 31.4 Å². The second-order valence-corrected chi connectivity index (χ2v) is 5.68. The Balaban J connectivity index is 1.55. The first-order valence-electron chi connectivity index (χ1n) is 7.55. The quantitative estimate of drug-likeness (QED) is 0.838. The average Bonchev–Trinajstić information content (AvgIpc) is 3.04. The summed E-state index contributed by atoms with van der Waals surface area (Å²) in [5, 5.41) is 8.16. The molecule has 2 aromatic heterocycles. The third-order valence-electron chi connectivity index (χ3n) is 3.76. The lowest BCUT2D eigenvalue weighted by Crippen LogP contribution is -2.51. The molecule has 0 atom stereocenters. The predicted molar refractivity (Wildman–Crippen MR) is 83.5 cm³/mol. The van der Waals surface area contributed by atoms with Crippen molar-refractivity contribution < 1.29 is 9.21 Å². The summed E-state index contributed by atoms with van der Waals surface area (Å²) in [4.78, 5) is 21.6. The van der Waals surface area contributed by atoms with Crippen LogP contribution < -0.4 is 0 Å². The minimum absolute atomic E-state index is 0.0568. The standard InChI is InChI=1S/C15H20N6O2/c1-19(2)15(22)21-8-6-20(7-9-21)11-13-17-18-14(23-13)12-4-3-5-16-10-12/h3-5,10H,6-9,11H2,1-2H3. The minimum Gasteiger partial charge on any atom is -0.419 e. The zero-order valence-corrected chi connectivity index (χ0v) is 13.3. The summed E-state index contributed by atoms with van der Waals surface area (Å²) in [5.74, 6) is 1.06.